The normalized spacial score (nSPS) is 16.9. The van der Waals surface area contributed by atoms with Crippen molar-refractivity contribution in [2.24, 2.45) is 4.99 Å². The second kappa shape index (κ2) is 8.40. The Morgan fingerprint density at radius 3 is 2.88 bits per heavy atom. The van der Waals surface area contributed by atoms with Gasteiger partial charge >= 0.3 is 0 Å². The van der Waals surface area contributed by atoms with Gasteiger partial charge in [0, 0.05) is 23.5 Å². The lowest BCUT2D eigenvalue weighted by Gasteiger charge is -2.25. The molecule has 0 saturated carbocycles. The molecule has 1 aliphatic rings. The number of hydrogen-bond acceptors (Lipinski definition) is 4. The fraction of sp³-hybridized carbons (Fsp3) is 0.312. The van der Waals surface area contributed by atoms with Gasteiger partial charge < -0.3 is 10.0 Å². The highest BCUT2D eigenvalue weighted by Gasteiger charge is 2.33. The Morgan fingerprint density at radius 2 is 2.28 bits per heavy atom. The van der Waals surface area contributed by atoms with Crippen LogP contribution in [-0.4, -0.2) is 46.1 Å². The molecule has 134 valence electrons. The molecule has 0 spiro atoms. The number of halogens is 4. The maximum absolute atomic E-state index is 12.6. The Labute approximate surface area is 153 Å². The van der Waals surface area contributed by atoms with Crippen LogP contribution in [0.3, 0.4) is 0 Å². The highest BCUT2D eigenvalue weighted by atomic mass is 35.5. The number of aliphatic hydroxyl groups excluding tert-OH is 1. The van der Waals surface area contributed by atoms with Crippen LogP contribution in [0.15, 0.2) is 40.2 Å². The number of hydrogen-bond donors (Lipinski definition) is 1. The number of amides is 1. The molecule has 1 atom stereocenters. The smallest absolute Gasteiger partial charge is 0.257 e. The van der Waals surface area contributed by atoms with E-state index >= 15 is 0 Å². The lowest BCUT2D eigenvalue weighted by Crippen LogP contribution is -2.35. The number of alkyl halides is 2. The highest BCUT2D eigenvalue weighted by Crippen LogP contribution is 2.30. The minimum atomic E-state index is -2.58. The molecule has 0 aromatic carbocycles. The fourth-order valence-corrected chi connectivity index (χ4v) is 2.75. The van der Waals surface area contributed by atoms with Gasteiger partial charge in [-0.3, -0.25) is 9.79 Å². The van der Waals surface area contributed by atoms with Crippen molar-refractivity contribution in [3.8, 4) is 0 Å². The molecule has 25 heavy (non-hydrogen) atoms. The lowest BCUT2D eigenvalue weighted by molar-refractivity contribution is 0.0745. The van der Waals surface area contributed by atoms with Crippen molar-refractivity contribution in [3.63, 3.8) is 0 Å². The van der Waals surface area contributed by atoms with Crippen molar-refractivity contribution in [3.05, 3.63) is 51.5 Å². The average Bonchev–Trinajstić information content (AvgIpc) is 2.91. The third-order valence-electron chi connectivity index (χ3n) is 3.68. The number of carbonyl (C=O) groups is 1. The van der Waals surface area contributed by atoms with Crippen LogP contribution in [0.5, 0.6) is 0 Å². The predicted octanol–water partition coefficient (Wildman–Crippen LogP) is 3.98. The van der Waals surface area contributed by atoms with Crippen LogP contribution in [0.1, 0.15) is 22.8 Å². The van der Waals surface area contributed by atoms with Crippen LogP contribution < -0.4 is 0 Å². The predicted molar refractivity (Wildman–Crippen MR) is 92.6 cm³/mol. The molecule has 0 aliphatic carbocycles. The third-order valence-corrected chi connectivity index (χ3v) is 4.22. The van der Waals surface area contributed by atoms with Crippen LogP contribution in [0.2, 0.25) is 5.15 Å². The van der Waals surface area contributed by atoms with Crippen LogP contribution in [0.25, 0.3) is 0 Å². The number of carbonyl (C=O) groups excluding carboxylic acids is 1. The maximum atomic E-state index is 12.6. The van der Waals surface area contributed by atoms with Gasteiger partial charge in [0.2, 0.25) is 0 Å². The van der Waals surface area contributed by atoms with E-state index in [0.717, 1.165) is 0 Å². The minimum Gasteiger partial charge on any atom is -0.514 e. The molecular weight excluding hydrogens is 375 g/mol. The molecular formula is C16H15Cl2F2N3O2. The number of allylic oxidation sites excluding steroid dienone is 2. The van der Waals surface area contributed by atoms with E-state index in [4.69, 9.17) is 28.3 Å². The van der Waals surface area contributed by atoms with E-state index in [9.17, 15) is 13.6 Å². The van der Waals surface area contributed by atoms with Gasteiger partial charge in [0.15, 0.2) is 0 Å². The van der Waals surface area contributed by atoms with Crippen molar-refractivity contribution in [1.82, 2.24) is 9.88 Å². The van der Waals surface area contributed by atoms with Crippen LogP contribution in [0, 0.1) is 0 Å². The molecule has 2 heterocycles. The molecule has 1 aromatic heterocycles. The van der Waals surface area contributed by atoms with E-state index in [1.807, 2.05) is 0 Å². The van der Waals surface area contributed by atoms with E-state index in [1.54, 1.807) is 13.0 Å². The number of fused-ring (bicyclic) bond motifs is 1. The van der Waals surface area contributed by atoms with Gasteiger partial charge in [-0.1, -0.05) is 23.2 Å². The second-order valence-corrected chi connectivity index (χ2v) is 6.08. The lowest BCUT2D eigenvalue weighted by atomic mass is 10.1. The van der Waals surface area contributed by atoms with Gasteiger partial charge in [-0.15, -0.1) is 0 Å². The fourth-order valence-electron chi connectivity index (χ4n) is 2.41. The summed E-state index contributed by atoms with van der Waals surface area (Å²) < 4.78 is 24.6. The van der Waals surface area contributed by atoms with Crippen LogP contribution in [0.4, 0.5) is 8.78 Å². The van der Waals surface area contributed by atoms with Gasteiger partial charge in [0.25, 0.3) is 12.3 Å². The van der Waals surface area contributed by atoms with Gasteiger partial charge in [0.1, 0.15) is 5.15 Å². The zero-order valence-corrected chi connectivity index (χ0v) is 14.7. The number of aliphatic imine (C=N–C) groups is 1. The first kappa shape index (κ1) is 19.3. The van der Waals surface area contributed by atoms with Gasteiger partial charge in [0.05, 0.1) is 30.4 Å². The Kier molecular flexibility index (Phi) is 6.50. The quantitative estimate of drug-likeness (QED) is 0.346. The molecule has 0 saturated heterocycles. The number of aromatic nitrogens is 1. The first-order valence-corrected chi connectivity index (χ1v) is 8.04. The summed E-state index contributed by atoms with van der Waals surface area (Å²) in [6.45, 7) is 1.25. The van der Waals surface area contributed by atoms with Gasteiger partial charge in [-0.2, -0.15) is 0 Å². The van der Waals surface area contributed by atoms with Gasteiger partial charge in [-0.05, 0) is 24.6 Å². The van der Waals surface area contributed by atoms with Gasteiger partial charge in [-0.25, -0.2) is 13.8 Å². The Hall–Kier alpha value is -1.99. The summed E-state index contributed by atoms with van der Waals surface area (Å²) in [5, 5.41) is 9.19. The van der Waals surface area contributed by atoms with E-state index in [2.05, 4.69) is 9.98 Å². The first-order chi connectivity index (χ1) is 11.8. The first-order valence-electron chi connectivity index (χ1n) is 7.29. The molecule has 2 rings (SSSR count). The molecule has 9 heteroatoms. The van der Waals surface area contributed by atoms with Crippen molar-refractivity contribution >= 4 is 35.3 Å². The summed E-state index contributed by atoms with van der Waals surface area (Å²) in [6.07, 6.45) is 2.10. The van der Waals surface area contributed by atoms with E-state index < -0.39 is 19.0 Å². The molecule has 1 aliphatic heterocycles. The highest BCUT2D eigenvalue weighted by molar-refractivity contribution is 6.31. The Bertz CT molecular complexity index is 751. The molecule has 0 bridgehead atoms. The molecule has 1 amide bonds. The molecule has 1 N–H and O–H groups in total. The van der Waals surface area contributed by atoms with E-state index in [1.165, 1.54) is 23.4 Å². The summed E-state index contributed by atoms with van der Waals surface area (Å²) in [5.74, 6) is -0.260. The monoisotopic (exact) mass is 389 g/mol. The molecule has 0 fully saturated rings. The van der Waals surface area contributed by atoms with E-state index in [0.29, 0.717) is 23.0 Å². The summed E-state index contributed by atoms with van der Waals surface area (Å²) in [7, 11) is 0. The zero-order chi connectivity index (χ0) is 18.6. The third kappa shape index (κ3) is 4.55. The van der Waals surface area contributed by atoms with E-state index in [-0.39, 0.29) is 22.6 Å². The van der Waals surface area contributed by atoms with Crippen molar-refractivity contribution in [2.75, 3.05) is 6.54 Å². The van der Waals surface area contributed by atoms with Crippen molar-refractivity contribution in [1.29, 1.82) is 0 Å². The topological polar surface area (TPSA) is 65.8 Å². The summed E-state index contributed by atoms with van der Waals surface area (Å²) in [6, 6.07) is 1.04. The molecule has 1 unspecified atom stereocenters. The van der Waals surface area contributed by atoms with Crippen LogP contribution >= 0.6 is 23.2 Å². The summed E-state index contributed by atoms with van der Waals surface area (Å²) >= 11 is 11.8. The Balaban J connectivity index is 2.30. The standard InChI is InChI=1S/C16H15Cl2F2N3O2/c1-9(10(4-11(17)8-24)5-21-6-14(19)20)23-7-13-12(16(23)25)2-3-22-15(13)18/h2-5,8-9,14,24H,6-7H2,1H3/b10-4+,11-8-,21-5-. The maximum Gasteiger partial charge on any atom is 0.257 e. The molecule has 5 nitrogen and oxygen atoms in total. The van der Waals surface area contributed by atoms with Crippen LogP contribution in [-0.2, 0) is 6.54 Å². The van der Waals surface area contributed by atoms with Crippen molar-refractivity contribution in [2.45, 2.75) is 25.9 Å². The average molecular weight is 390 g/mol. The van der Waals surface area contributed by atoms with Crippen molar-refractivity contribution < 1.29 is 18.7 Å². The Morgan fingerprint density at radius 1 is 1.56 bits per heavy atom. The number of nitrogens with zero attached hydrogens (tertiary/aromatic N) is 3. The number of rotatable bonds is 6. The summed E-state index contributed by atoms with van der Waals surface area (Å²) in [5.41, 5.74) is 1.44. The second-order valence-electron chi connectivity index (χ2n) is 5.28. The number of aliphatic hydroxyl groups is 1. The zero-order valence-electron chi connectivity index (χ0n) is 13.2. The largest absolute Gasteiger partial charge is 0.514 e. The minimum absolute atomic E-state index is 0.0193. The molecule has 1 aromatic rings. The SMILES string of the molecule is CC(C(/C=N\CC(F)F)=C/C(Cl)=C/O)N1Cc2c(ccnc2Cl)C1=O. The molecule has 0 radical (unpaired) electrons. The summed E-state index contributed by atoms with van der Waals surface area (Å²) in [4.78, 5) is 21.7. The number of pyridine rings is 1.